The number of nitrogens with two attached hydrogens (primary N) is 2. The maximum Gasteiger partial charge on any atom is 0.419 e. The van der Waals surface area contributed by atoms with Crippen LogP contribution < -0.4 is 11.5 Å². The number of anilines is 1. The number of hydrogen-bond donors (Lipinski definition) is 2. The van der Waals surface area contributed by atoms with E-state index in [0.717, 1.165) is 31.3 Å². The van der Waals surface area contributed by atoms with E-state index in [0.29, 0.717) is 30.0 Å². The Kier molecular flexibility index (Phi) is 6.77. The summed E-state index contributed by atoms with van der Waals surface area (Å²) in [6.45, 7) is 7.56. The largest absolute Gasteiger partial charge is 0.419 e. The zero-order valence-corrected chi connectivity index (χ0v) is 21.6. The maximum absolute atomic E-state index is 13.3. The van der Waals surface area contributed by atoms with Gasteiger partial charge in [-0.1, -0.05) is 12.1 Å². The molecule has 0 saturated carbocycles. The van der Waals surface area contributed by atoms with E-state index in [1.807, 2.05) is 30.9 Å². The van der Waals surface area contributed by atoms with Crippen molar-refractivity contribution in [3.05, 3.63) is 66.0 Å². The van der Waals surface area contributed by atoms with Crippen LogP contribution in [-0.4, -0.2) is 73.6 Å². The second-order valence-electron chi connectivity index (χ2n) is 10.4. The predicted octanol–water partition coefficient (Wildman–Crippen LogP) is 3.55. The Hall–Kier alpha value is -4.03. The summed E-state index contributed by atoms with van der Waals surface area (Å²) in [5.41, 5.74) is 13.2. The van der Waals surface area contributed by atoms with E-state index < -0.39 is 17.6 Å². The summed E-state index contributed by atoms with van der Waals surface area (Å²) in [5.74, 6) is -0.630. The summed E-state index contributed by atoms with van der Waals surface area (Å²) in [6.07, 6.45) is -1.75. The van der Waals surface area contributed by atoms with Crippen molar-refractivity contribution in [2.24, 2.45) is 5.73 Å². The standard InChI is InChI=1S/C27H29F3N8O/c1-26(2,32)16-36-9-11-37(12-10-36)25(39)18-5-3-17(4-6-18)22-15-33-23-8-7-21(35-38(22)23)19-13-20(27(28,29)30)24(31)34-14-19/h3-8,13-15H,9-12,16,32H2,1-2H3,(H2,31,34). The van der Waals surface area contributed by atoms with Crippen LogP contribution in [0.1, 0.15) is 29.8 Å². The molecular weight excluding hydrogens is 509 g/mol. The average Bonchev–Trinajstić information content (AvgIpc) is 3.31. The quantitative estimate of drug-likeness (QED) is 0.399. The van der Waals surface area contributed by atoms with E-state index in [1.165, 1.54) is 6.20 Å². The van der Waals surface area contributed by atoms with Gasteiger partial charge in [-0.25, -0.2) is 14.5 Å². The molecule has 4 N–H and O–H groups in total. The summed E-state index contributed by atoms with van der Waals surface area (Å²) >= 11 is 0. The van der Waals surface area contributed by atoms with Crippen molar-refractivity contribution in [3.63, 3.8) is 0 Å². The van der Waals surface area contributed by atoms with Crippen LogP contribution in [-0.2, 0) is 6.18 Å². The number of amides is 1. The molecule has 39 heavy (non-hydrogen) atoms. The van der Waals surface area contributed by atoms with Gasteiger partial charge >= 0.3 is 6.18 Å². The van der Waals surface area contributed by atoms with E-state index in [1.54, 1.807) is 35.0 Å². The Labute approximate surface area is 223 Å². The lowest BCUT2D eigenvalue weighted by atomic mass is 10.1. The number of fused-ring (bicyclic) bond motifs is 1. The molecule has 5 rings (SSSR count). The molecule has 0 aliphatic carbocycles. The highest BCUT2D eigenvalue weighted by molar-refractivity contribution is 5.94. The molecule has 3 aromatic heterocycles. The minimum Gasteiger partial charge on any atom is -0.383 e. The predicted molar refractivity (Wildman–Crippen MR) is 142 cm³/mol. The van der Waals surface area contributed by atoms with Gasteiger partial charge in [0.25, 0.3) is 5.91 Å². The lowest BCUT2D eigenvalue weighted by molar-refractivity contribution is -0.137. The van der Waals surface area contributed by atoms with Crippen molar-refractivity contribution in [2.45, 2.75) is 25.6 Å². The Morgan fingerprint density at radius 1 is 0.949 bits per heavy atom. The molecule has 204 valence electrons. The number of benzene rings is 1. The first kappa shape index (κ1) is 26.6. The van der Waals surface area contributed by atoms with Gasteiger partial charge in [0.1, 0.15) is 5.82 Å². The van der Waals surface area contributed by atoms with E-state index in [2.05, 4.69) is 20.0 Å². The molecule has 0 bridgehead atoms. The number of pyridine rings is 1. The van der Waals surface area contributed by atoms with Gasteiger partial charge in [-0.2, -0.15) is 18.3 Å². The number of carbonyl (C=O) groups is 1. The third-order valence-electron chi connectivity index (χ3n) is 6.60. The Balaban J connectivity index is 1.36. The topological polar surface area (TPSA) is 119 Å². The SMILES string of the molecule is CC(C)(N)CN1CCN(C(=O)c2ccc(-c3cnc4ccc(-c5cnc(N)c(C(F)(F)F)c5)nn34)cc2)CC1. The summed E-state index contributed by atoms with van der Waals surface area (Å²) in [6, 6.07) is 11.3. The summed E-state index contributed by atoms with van der Waals surface area (Å²) in [7, 11) is 0. The molecule has 4 heterocycles. The molecule has 0 unspecified atom stereocenters. The van der Waals surface area contributed by atoms with Crippen LogP contribution in [0.15, 0.2) is 54.9 Å². The fourth-order valence-electron chi connectivity index (χ4n) is 4.72. The summed E-state index contributed by atoms with van der Waals surface area (Å²) < 4.78 is 41.5. The van der Waals surface area contributed by atoms with Crippen LogP contribution in [0.3, 0.4) is 0 Å². The van der Waals surface area contributed by atoms with E-state index >= 15 is 0 Å². The number of alkyl halides is 3. The van der Waals surface area contributed by atoms with Gasteiger partial charge in [-0.05, 0) is 44.2 Å². The fourth-order valence-corrected chi connectivity index (χ4v) is 4.72. The number of aromatic nitrogens is 4. The molecule has 4 aromatic rings. The number of hydrogen-bond acceptors (Lipinski definition) is 7. The number of imidazole rings is 1. The van der Waals surface area contributed by atoms with Gasteiger partial charge in [-0.15, -0.1) is 0 Å². The minimum absolute atomic E-state index is 0.0388. The lowest BCUT2D eigenvalue weighted by Gasteiger charge is -2.37. The van der Waals surface area contributed by atoms with Crippen molar-refractivity contribution >= 4 is 17.4 Å². The molecule has 1 amide bonds. The van der Waals surface area contributed by atoms with Gasteiger partial charge in [0.05, 0.1) is 23.1 Å². The molecule has 0 spiro atoms. The van der Waals surface area contributed by atoms with Crippen LogP contribution >= 0.6 is 0 Å². The summed E-state index contributed by atoms with van der Waals surface area (Å²) in [5, 5.41) is 4.52. The zero-order valence-electron chi connectivity index (χ0n) is 21.6. The van der Waals surface area contributed by atoms with Gasteiger partial charge in [0.15, 0.2) is 5.65 Å². The van der Waals surface area contributed by atoms with E-state index in [-0.39, 0.29) is 22.7 Å². The fraction of sp³-hybridized carbons (Fsp3) is 0.333. The van der Waals surface area contributed by atoms with Gasteiger partial charge in [0.2, 0.25) is 0 Å². The van der Waals surface area contributed by atoms with Gasteiger partial charge in [-0.3, -0.25) is 9.69 Å². The van der Waals surface area contributed by atoms with Crippen molar-refractivity contribution in [1.29, 1.82) is 0 Å². The van der Waals surface area contributed by atoms with Crippen LogP contribution in [0.4, 0.5) is 19.0 Å². The summed E-state index contributed by atoms with van der Waals surface area (Å²) in [4.78, 5) is 25.3. The molecule has 1 aliphatic heterocycles. The first-order chi connectivity index (χ1) is 18.4. The van der Waals surface area contributed by atoms with Crippen LogP contribution in [0.25, 0.3) is 28.2 Å². The van der Waals surface area contributed by atoms with Crippen LogP contribution in [0.5, 0.6) is 0 Å². The highest BCUT2D eigenvalue weighted by Gasteiger charge is 2.34. The van der Waals surface area contributed by atoms with Crippen LogP contribution in [0.2, 0.25) is 0 Å². The molecule has 0 radical (unpaired) electrons. The molecule has 9 nitrogen and oxygen atoms in total. The molecule has 1 aromatic carbocycles. The van der Waals surface area contributed by atoms with Crippen molar-refractivity contribution in [3.8, 4) is 22.5 Å². The highest BCUT2D eigenvalue weighted by Crippen LogP contribution is 2.35. The molecule has 1 aliphatic rings. The van der Waals surface area contributed by atoms with Crippen LogP contribution in [0, 0.1) is 0 Å². The third-order valence-corrected chi connectivity index (χ3v) is 6.60. The van der Waals surface area contributed by atoms with Crippen molar-refractivity contribution in [1.82, 2.24) is 29.4 Å². The highest BCUT2D eigenvalue weighted by atomic mass is 19.4. The number of nitrogens with zero attached hydrogens (tertiary/aromatic N) is 6. The molecular formula is C27H29F3N8O. The Morgan fingerprint density at radius 3 is 2.28 bits per heavy atom. The molecule has 0 atom stereocenters. The number of piperazine rings is 1. The molecule has 1 fully saturated rings. The normalized spacial score (nSPS) is 15.2. The second kappa shape index (κ2) is 9.93. The molecule has 1 saturated heterocycles. The van der Waals surface area contributed by atoms with Crippen molar-refractivity contribution in [2.75, 3.05) is 38.5 Å². The Morgan fingerprint density at radius 2 is 1.64 bits per heavy atom. The maximum atomic E-state index is 13.3. The number of rotatable bonds is 5. The van der Waals surface area contributed by atoms with Gasteiger partial charge < -0.3 is 16.4 Å². The monoisotopic (exact) mass is 538 g/mol. The first-order valence-corrected chi connectivity index (χ1v) is 12.5. The van der Waals surface area contributed by atoms with E-state index in [9.17, 15) is 18.0 Å². The smallest absolute Gasteiger partial charge is 0.383 e. The van der Waals surface area contributed by atoms with E-state index in [4.69, 9.17) is 11.5 Å². The molecule has 12 heteroatoms. The van der Waals surface area contributed by atoms with Crippen molar-refractivity contribution < 1.29 is 18.0 Å². The number of carbonyl (C=O) groups excluding carboxylic acids is 1. The Bertz CT molecular complexity index is 1500. The average molecular weight is 539 g/mol. The zero-order chi connectivity index (χ0) is 27.9. The lowest BCUT2D eigenvalue weighted by Crippen LogP contribution is -2.54. The third kappa shape index (κ3) is 5.71. The second-order valence-corrected chi connectivity index (χ2v) is 10.4. The first-order valence-electron chi connectivity index (χ1n) is 12.5. The number of halogens is 3. The number of nitrogen functional groups attached to an aromatic ring is 1. The minimum atomic E-state index is -4.63. The van der Waals surface area contributed by atoms with Gasteiger partial charge in [0, 0.05) is 61.1 Å².